The molecule has 1 aromatic carbocycles. The van der Waals surface area contributed by atoms with Crippen molar-refractivity contribution < 1.29 is 4.39 Å². The molecular formula is C14H17FN2. The molecule has 1 N–H and O–H groups in total. The predicted molar refractivity (Wildman–Crippen MR) is 67.4 cm³/mol. The molecule has 1 aliphatic carbocycles. The lowest BCUT2D eigenvalue weighted by Gasteiger charge is -2.26. The highest BCUT2D eigenvalue weighted by Crippen LogP contribution is 2.22. The van der Waals surface area contributed by atoms with Gasteiger partial charge in [-0.1, -0.05) is 6.42 Å². The summed E-state index contributed by atoms with van der Waals surface area (Å²) in [6, 6.07) is 7.72. The molecule has 17 heavy (non-hydrogen) atoms. The molecule has 1 heterocycles. The van der Waals surface area contributed by atoms with Crippen LogP contribution in [0, 0.1) is 5.82 Å². The van der Waals surface area contributed by atoms with Gasteiger partial charge in [0.1, 0.15) is 5.82 Å². The molecule has 1 fully saturated rings. The van der Waals surface area contributed by atoms with Crippen LogP contribution in [-0.2, 0) is 13.6 Å². The Balaban J connectivity index is 1.85. The van der Waals surface area contributed by atoms with Gasteiger partial charge in [-0.3, -0.25) is 0 Å². The first-order valence-electron chi connectivity index (χ1n) is 6.21. The average Bonchev–Trinajstić information content (AvgIpc) is 2.53. The minimum atomic E-state index is -0.165. The van der Waals surface area contributed by atoms with Gasteiger partial charge in [0, 0.05) is 36.2 Å². The Hall–Kier alpha value is -1.35. The molecule has 1 aliphatic rings. The summed E-state index contributed by atoms with van der Waals surface area (Å²) in [4.78, 5) is 0. The molecule has 0 aliphatic heterocycles. The smallest absolute Gasteiger partial charge is 0.123 e. The highest BCUT2D eigenvalue weighted by atomic mass is 19.1. The molecule has 0 amide bonds. The van der Waals surface area contributed by atoms with Crippen LogP contribution in [0.15, 0.2) is 24.3 Å². The van der Waals surface area contributed by atoms with Crippen LogP contribution in [-0.4, -0.2) is 10.6 Å². The highest BCUT2D eigenvalue weighted by Gasteiger charge is 2.17. The summed E-state index contributed by atoms with van der Waals surface area (Å²) in [6.07, 6.45) is 3.93. The third-order valence-corrected chi connectivity index (χ3v) is 3.78. The lowest BCUT2D eigenvalue weighted by molar-refractivity contribution is 0.336. The number of fused-ring (bicyclic) bond motifs is 1. The first-order valence-corrected chi connectivity index (χ1v) is 6.21. The van der Waals surface area contributed by atoms with Crippen molar-refractivity contribution in [2.24, 2.45) is 7.05 Å². The lowest BCUT2D eigenvalue weighted by Crippen LogP contribution is -2.34. The maximum atomic E-state index is 13.1. The Labute approximate surface area is 100 Å². The van der Waals surface area contributed by atoms with Crippen LogP contribution in [0.3, 0.4) is 0 Å². The molecule has 2 nitrogen and oxygen atoms in total. The van der Waals surface area contributed by atoms with Gasteiger partial charge in [0.05, 0.1) is 0 Å². The van der Waals surface area contributed by atoms with Gasteiger partial charge < -0.3 is 9.88 Å². The van der Waals surface area contributed by atoms with Gasteiger partial charge >= 0.3 is 0 Å². The molecule has 0 radical (unpaired) electrons. The van der Waals surface area contributed by atoms with Gasteiger partial charge in [0.15, 0.2) is 0 Å². The Kier molecular flexibility index (Phi) is 2.63. The van der Waals surface area contributed by atoms with Crippen LogP contribution in [0.2, 0.25) is 0 Å². The summed E-state index contributed by atoms with van der Waals surface area (Å²) >= 11 is 0. The van der Waals surface area contributed by atoms with Crippen molar-refractivity contribution >= 4 is 10.9 Å². The van der Waals surface area contributed by atoms with Gasteiger partial charge in [-0.05, 0) is 37.1 Å². The zero-order chi connectivity index (χ0) is 11.8. The Morgan fingerprint density at radius 3 is 2.88 bits per heavy atom. The number of hydrogen-bond donors (Lipinski definition) is 1. The number of aromatic nitrogens is 1. The molecule has 0 unspecified atom stereocenters. The van der Waals surface area contributed by atoms with E-state index in [2.05, 4.69) is 16.0 Å². The third-order valence-electron chi connectivity index (χ3n) is 3.78. The van der Waals surface area contributed by atoms with E-state index in [4.69, 9.17) is 0 Å². The second kappa shape index (κ2) is 4.15. The van der Waals surface area contributed by atoms with Gasteiger partial charge in [0.2, 0.25) is 0 Å². The van der Waals surface area contributed by atoms with Crippen molar-refractivity contribution in [2.75, 3.05) is 0 Å². The normalized spacial score (nSPS) is 16.4. The monoisotopic (exact) mass is 232 g/mol. The Bertz CT molecular complexity index is 540. The van der Waals surface area contributed by atoms with E-state index < -0.39 is 0 Å². The van der Waals surface area contributed by atoms with E-state index >= 15 is 0 Å². The summed E-state index contributed by atoms with van der Waals surface area (Å²) in [6.45, 7) is 0.872. The second-order valence-corrected chi connectivity index (χ2v) is 4.91. The first-order chi connectivity index (χ1) is 8.24. The fourth-order valence-electron chi connectivity index (χ4n) is 2.41. The van der Waals surface area contributed by atoms with E-state index in [0.29, 0.717) is 6.04 Å². The molecule has 0 bridgehead atoms. The van der Waals surface area contributed by atoms with E-state index in [0.717, 1.165) is 17.4 Å². The SMILES string of the molecule is Cn1c(CNC2CCC2)cc2cc(F)ccc21. The first kappa shape index (κ1) is 10.8. The van der Waals surface area contributed by atoms with Crippen molar-refractivity contribution in [2.45, 2.75) is 31.8 Å². The molecule has 0 spiro atoms. The van der Waals surface area contributed by atoms with Crippen LogP contribution in [0.1, 0.15) is 25.0 Å². The summed E-state index contributed by atoms with van der Waals surface area (Å²) in [5, 5.41) is 4.52. The minimum absolute atomic E-state index is 0.165. The maximum Gasteiger partial charge on any atom is 0.123 e. The molecule has 90 valence electrons. The number of hydrogen-bond acceptors (Lipinski definition) is 1. The van der Waals surface area contributed by atoms with E-state index in [1.807, 2.05) is 13.1 Å². The summed E-state index contributed by atoms with van der Waals surface area (Å²) < 4.78 is 15.3. The maximum absolute atomic E-state index is 13.1. The van der Waals surface area contributed by atoms with Crippen molar-refractivity contribution in [3.05, 3.63) is 35.8 Å². The van der Waals surface area contributed by atoms with E-state index in [9.17, 15) is 4.39 Å². The fraction of sp³-hybridized carbons (Fsp3) is 0.429. The predicted octanol–water partition coefficient (Wildman–Crippen LogP) is 2.96. The molecule has 3 heteroatoms. The van der Waals surface area contributed by atoms with Crippen molar-refractivity contribution in [3.8, 4) is 0 Å². The molecule has 0 saturated heterocycles. The molecule has 3 rings (SSSR count). The van der Waals surface area contributed by atoms with Crippen molar-refractivity contribution in [1.29, 1.82) is 0 Å². The fourth-order valence-corrected chi connectivity index (χ4v) is 2.41. The zero-order valence-electron chi connectivity index (χ0n) is 10.0. The van der Waals surface area contributed by atoms with Crippen molar-refractivity contribution in [1.82, 2.24) is 9.88 Å². The molecule has 1 saturated carbocycles. The van der Waals surface area contributed by atoms with Crippen LogP contribution < -0.4 is 5.32 Å². The van der Waals surface area contributed by atoms with Crippen LogP contribution in [0.5, 0.6) is 0 Å². The summed E-state index contributed by atoms with van der Waals surface area (Å²) in [5.74, 6) is -0.165. The summed E-state index contributed by atoms with van der Waals surface area (Å²) in [5.41, 5.74) is 2.31. The minimum Gasteiger partial charge on any atom is -0.346 e. The number of benzene rings is 1. The van der Waals surface area contributed by atoms with Gasteiger partial charge in [-0.2, -0.15) is 0 Å². The Morgan fingerprint density at radius 2 is 2.18 bits per heavy atom. The highest BCUT2D eigenvalue weighted by molar-refractivity contribution is 5.81. The number of halogens is 1. The molecule has 1 aromatic heterocycles. The van der Waals surface area contributed by atoms with Crippen LogP contribution in [0.4, 0.5) is 4.39 Å². The molecule has 2 aromatic rings. The van der Waals surface area contributed by atoms with E-state index in [1.165, 1.54) is 31.0 Å². The number of nitrogens with zero attached hydrogens (tertiary/aromatic N) is 1. The molecule has 0 atom stereocenters. The summed E-state index contributed by atoms with van der Waals surface area (Å²) in [7, 11) is 2.04. The molecular weight excluding hydrogens is 215 g/mol. The second-order valence-electron chi connectivity index (χ2n) is 4.91. The Morgan fingerprint density at radius 1 is 1.35 bits per heavy atom. The van der Waals surface area contributed by atoms with Crippen LogP contribution in [0.25, 0.3) is 10.9 Å². The van der Waals surface area contributed by atoms with Gasteiger partial charge in [-0.25, -0.2) is 4.39 Å². The standard InChI is InChI=1S/C14H17FN2/c1-17-13(9-16-12-3-2-4-12)8-10-7-11(15)5-6-14(10)17/h5-8,12,16H,2-4,9H2,1H3. The van der Waals surface area contributed by atoms with Crippen molar-refractivity contribution in [3.63, 3.8) is 0 Å². The zero-order valence-corrected chi connectivity index (χ0v) is 10.0. The third kappa shape index (κ3) is 1.95. The quantitative estimate of drug-likeness (QED) is 0.861. The van der Waals surface area contributed by atoms with Crippen LogP contribution >= 0.6 is 0 Å². The van der Waals surface area contributed by atoms with E-state index in [-0.39, 0.29) is 5.82 Å². The lowest BCUT2D eigenvalue weighted by atomic mass is 9.93. The largest absolute Gasteiger partial charge is 0.346 e. The number of aryl methyl sites for hydroxylation is 1. The average molecular weight is 232 g/mol. The topological polar surface area (TPSA) is 17.0 Å². The number of nitrogens with one attached hydrogen (secondary N) is 1. The van der Waals surface area contributed by atoms with Gasteiger partial charge in [-0.15, -0.1) is 0 Å². The van der Waals surface area contributed by atoms with E-state index in [1.54, 1.807) is 6.07 Å². The number of rotatable bonds is 3. The van der Waals surface area contributed by atoms with Gasteiger partial charge in [0.25, 0.3) is 0 Å².